The third-order valence-corrected chi connectivity index (χ3v) is 9.62. The lowest BCUT2D eigenvalue weighted by Gasteiger charge is -2.29. The Hall–Kier alpha value is -4.10. The molecule has 1 nitrogen and oxygen atoms in total. The van der Waals surface area contributed by atoms with Crippen LogP contribution in [-0.2, 0) is 10.8 Å². The first kappa shape index (κ1) is 21.9. The average Bonchev–Trinajstić information content (AvgIpc) is 3.27. The Morgan fingerprint density at radius 3 is 1.18 bits per heavy atom. The first-order valence-corrected chi connectivity index (χ1v) is 13.7. The van der Waals surface area contributed by atoms with E-state index in [4.69, 9.17) is 0 Å². The molecule has 1 aliphatic heterocycles. The van der Waals surface area contributed by atoms with Gasteiger partial charge >= 0.3 is 0 Å². The lowest BCUT2D eigenvalue weighted by atomic mass is 9.81. The summed E-state index contributed by atoms with van der Waals surface area (Å²) in [5.74, 6) is 0. The number of anilines is 2. The lowest BCUT2D eigenvalue weighted by Crippen LogP contribution is -2.17. The van der Waals surface area contributed by atoms with Crippen LogP contribution in [0.3, 0.4) is 0 Å². The Labute approximate surface area is 225 Å². The Morgan fingerprint density at radius 2 is 0.763 bits per heavy atom. The lowest BCUT2D eigenvalue weighted by molar-refractivity contribution is 0.660. The molecule has 184 valence electrons. The second kappa shape index (κ2) is 7.05. The van der Waals surface area contributed by atoms with E-state index in [-0.39, 0.29) is 10.8 Å². The van der Waals surface area contributed by atoms with Crippen molar-refractivity contribution >= 4 is 11.4 Å². The van der Waals surface area contributed by atoms with E-state index >= 15 is 0 Å². The zero-order chi connectivity index (χ0) is 26.0. The predicted octanol–water partition coefficient (Wildman–Crippen LogP) is 9.71. The molecule has 5 aromatic carbocycles. The predicted molar refractivity (Wildman–Crippen MR) is 161 cm³/mol. The zero-order valence-electron chi connectivity index (χ0n) is 22.7. The van der Waals surface area contributed by atoms with E-state index in [0.717, 1.165) is 0 Å². The van der Waals surface area contributed by atoms with Gasteiger partial charge in [-0.25, -0.2) is 0 Å². The third-order valence-electron chi connectivity index (χ3n) is 9.62. The van der Waals surface area contributed by atoms with Gasteiger partial charge in [0.15, 0.2) is 0 Å². The maximum atomic E-state index is 2.53. The molecule has 0 fully saturated rings. The van der Waals surface area contributed by atoms with Crippen molar-refractivity contribution in [1.29, 1.82) is 0 Å². The molecule has 8 rings (SSSR count). The highest BCUT2D eigenvalue weighted by Gasteiger charge is 2.42. The van der Waals surface area contributed by atoms with Crippen LogP contribution in [0.25, 0.3) is 44.5 Å². The van der Waals surface area contributed by atoms with Crippen LogP contribution in [0.15, 0.2) is 97.1 Å². The van der Waals surface area contributed by atoms with Crippen molar-refractivity contribution in [3.63, 3.8) is 0 Å². The molecule has 0 amide bonds. The van der Waals surface area contributed by atoms with Crippen molar-refractivity contribution < 1.29 is 0 Å². The SMILES string of the molecule is CN1c2c(ccc3c2-c2ccccc2C3(C)C)-c2ccccc2-c2ccc3c(c21)-c1ccccc1C3(C)C. The molecule has 0 unspecified atom stereocenters. The van der Waals surface area contributed by atoms with Crippen LogP contribution >= 0.6 is 0 Å². The maximum absolute atomic E-state index is 2.53. The van der Waals surface area contributed by atoms with E-state index in [1.807, 2.05) is 0 Å². The van der Waals surface area contributed by atoms with E-state index in [9.17, 15) is 0 Å². The highest BCUT2D eigenvalue weighted by atomic mass is 15.1. The van der Waals surface area contributed by atoms with Gasteiger partial charge in [0.05, 0.1) is 11.4 Å². The molecular weight excluding hydrogens is 458 g/mol. The largest absolute Gasteiger partial charge is 0.343 e. The highest BCUT2D eigenvalue weighted by Crippen LogP contribution is 2.61. The van der Waals surface area contributed by atoms with Crippen molar-refractivity contribution in [1.82, 2.24) is 0 Å². The molecule has 0 spiro atoms. The fourth-order valence-corrected chi connectivity index (χ4v) is 7.75. The van der Waals surface area contributed by atoms with Gasteiger partial charge in [0.25, 0.3) is 0 Å². The van der Waals surface area contributed by atoms with Gasteiger partial charge in [-0.2, -0.15) is 0 Å². The minimum absolute atomic E-state index is 0.0380. The molecule has 0 aromatic heterocycles. The Balaban J connectivity index is 1.55. The third kappa shape index (κ3) is 2.48. The zero-order valence-corrected chi connectivity index (χ0v) is 22.7. The van der Waals surface area contributed by atoms with Crippen molar-refractivity contribution in [2.24, 2.45) is 0 Å². The highest BCUT2D eigenvalue weighted by molar-refractivity contribution is 6.10. The summed E-state index contributed by atoms with van der Waals surface area (Å²) in [4.78, 5) is 2.53. The number of fused-ring (bicyclic) bond motifs is 13. The van der Waals surface area contributed by atoms with Crippen LogP contribution in [-0.4, -0.2) is 7.05 Å². The summed E-state index contributed by atoms with van der Waals surface area (Å²) in [6.07, 6.45) is 0. The van der Waals surface area contributed by atoms with Gasteiger partial charge in [-0.1, -0.05) is 125 Å². The van der Waals surface area contributed by atoms with Crippen molar-refractivity contribution in [3.8, 4) is 44.5 Å². The molecule has 5 aromatic rings. The number of benzene rings is 5. The summed E-state index contributed by atoms with van der Waals surface area (Å²) in [5, 5.41) is 0. The van der Waals surface area contributed by atoms with E-state index in [1.54, 1.807) is 0 Å². The van der Waals surface area contributed by atoms with E-state index < -0.39 is 0 Å². The van der Waals surface area contributed by atoms with Crippen molar-refractivity contribution in [2.75, 3.05) is 11.9 Å². The van der Waals surface area contributed by atoms with Crippen LogP contribution in [0.1, 0.15) is 49.9 Å². The quantitative estimate of drug-likeness (QED) is 0.209. The standard InChI is InChI=1S/C37H31N/c1-36(2)28-16-10-8-14-26(28)32-30(36)20-18-24-22-12-6-7-13-23(22)25-19-21-31-33(35(25)38(5)34(24)32)27-15-9-11-17-29(27)37(31,3)4/h6-21H,1-5H3. The topological polar surface area (TPSA) is 3.24 Å². The number of hydrogen-bond donors (Lipinski definition) is 0. The molecule has 0 bridgehead atoms. The van der Waals surface area contributed by atoms with Crippen molar-refractivity contribution in [3.05, 3.63) is 119 Å². The van der Waals surface area contributed by atoms with Crippen molar-refractivity contribution in [2.45, 2.75) is 38.5 Å². The van der Waals surface area contributed by atoms with Gasteiger partial charge in [0.1, 0.15) is 0 Å². The first-order chi connectivity index (χ1) is 18.3. The summed E-state index contributed by atoms with van der Waals surface area (Å²) >= 11 is 0. The van der Waals surface area contributed by atoms with Crippen LogP contribution in [0.5, 0.6) is 0 Å². The molecule has 0 saturated heterocycles. The molecular formula is C37H31N. The van der Waals surface area contributed by atoms with Gasteiger partial charge in [0.2, 0.25) is 0 Å². The minimum atomic E-state index is -0.0380. The summed E-state index contributed by atoms with van der Waals surface area (Å²) in [6, 6.07) is 36.5. The molecule has 1 heteroatoms. The number of rotatable bonds is 0. The van der Waals surface area contributed by atoms with E-state index in [0.29, 0.717) is 0 Å². The summed E-state index contributed by atoms with van der Waals surface area (Å²) < 4.78 is 0. The van der Waals surface area contributed by atoms with Gasteiger partial charge in [-0.3, -0.25) is 0 Å². The molecule has 0 N–H and O–H groups in total. The van der Waals surface area contributed by atoms with Gasteiger partial charge in [-0.15, -0.1) is 0 Å². The monoisotopic (exact) mass is 489 g/mol. The molecule has 1 heterocycles. The number of hydrogen-bond acceptors (Lipinski definition) is 1. The normalized spacial score (nSPS) is 16.4. The first-order valence-electron chi connectivity index (χ1n) is 13.7. The van der Waals surface area contributed by atoms with Gasteiger partial charge in [0, 0.05) is 40.1 Å². The van der Waals surface area contributed by atoms with Crippen LogP contribution in [0.4, 0.5) is 11.4 Å². The molecule has 0 saturated carbocycles. The molecule has 2 aliphatic carbocycles. The van der Waals surface area contributed by atoms with Crippen LogP contribution in [0.2, 0.25) is 0 Å². The Kier molecular flexibility index (Phi) is 4.07. The van der Waals surface area contributed by atoms with Crippen LogP contribution in [0, 0.1) is 0 Å². The van der Waals surface area contributed by atoms with E-state index in [1.165, 1.54) is 78.1 Å². The second-order valence-corrected chi connectivity index (χ2v) is 12.2. The minimum Gasteiger partial charge on any atom is -0.343 e. The molecule has 38 heavy (non-hydrogen) atoms. The van der Waals surface area contributed by atoms with Gasteiger partial charge < -0.3 is 4.90 Å². The Morgan fingerprint density at radius 1 is 0.395 bits per heavy atom. The fourth-order valence-electron chi connectivity index (χ4n) is 7.75. The second-order valence-electron chi connectivity index (χ2n) is 12.2. The fraction of sp³-hybridized carbons (Fsp3) is 0.189. The summed E-state index contributed by atoms with van der Waals surface area (Å²) in [6.45, 7) is 9.50. The molecule has 0 radical (unpaired) electrons. The Bertz CT molecular complexity index is 1700. The van der Waals surface area contributed by atoms with Gasteiger partial charge in [-0.05, 0) is 44.5 Å². The average molecular weight is 490 g/mol. The van der Waals surface area contributed by atoms with E-state index in [2.05, 4.69) is 137 Å². The number of nitrogens with zero attached hydrogens (tertiary/aromatic N) is 1. The maximum Gasteiger partial charge on any atom is 0.0571 e. The smallest absolute Gasteiger partial charge is 0.0571 e. The van der Waals surface area contributed by atoms with Crippen LogP contribution < -0.4 is 4.90 Å². The molecule has 3 aliphatic rings. The summed E-state index contributed by atoms with van der Waals surface area (Å²) in [5.41, 5.74) is 19.0. The summed E-state index contributed by atoms with van der Waals surface area (Å²) in [7, 11) is 2.30. The molecule has 0 atom stereocenters.